The highest BCUT2D eigenvalue weighted by atomic mass is 15.0. The molecule has 0 spiro atoms. The second-order valence-electron chi connectivity index (χ2n) is 7.08. The SMILES string of the molecule is CCNCc1ccc2c(ccn2CC2CC3CCC2C3)c1. The van der Waals surface area contributed by atoms with E-state index in [0.29, 0.717) is 0 Å². The Morgan fingerprint density at radius 1 is 1.19 bits per heavy atom. The highest BCUT2D eigenvalue weighted by Gasteiger charge is 2.39. The second kappa shape index (κ2) is 5.49. The Morgan fingerprint density at radius 3 is 2.90 bits per heavy atom. The third-order valence-electron chi connectivity index (χ3n) is 5.73. The highest BCUT2D eigenvalue weighted by molar-refractivity contribution is 5.80. The molecular formula is C19H26N2. The van der Waals surface area contributed by atoms with Crippen molar-refractivity contribution in [2.75, 3.05) is 6.54 Å². The number of aromatic nitrogens is 1. The quantitative estimate of drug-likeness (QED) is 0.870. The molecule has 2 aliphatic carbocycles. The lowest BCUT2D eigenvalue weighted by Crippen LogP contribution is -2.16. The molecule has 2 saturated carbocycles. The molecule has 4 rings (SSSR count). The third kappa shape index (κ3) is 2.50. The summed E-state index contributed by atoms with van der Waals surface area (Å²) in [5.41, 5.74) is 2.81. The Balaban J connectivity index is 1.53. The van der Waals surface area contributed by atoms with Crippen LogP contribution in [0.2, 0.25) is 0 Å². The number of rotatable bonds is 5. The summed E-state index contributed by atoms with van der Waals surface area (Å²) in [6.07, 6.45) is 8.27. The van der Waals surface area contributed by atoms with Gasteiger partial charge in [0.15, 0.2) is 0 Å². The fraction of sp³-hybridized carbons (Fsp3) is 0.579. The Labute approximate surface area is 127 Å². The molecule has 3 atom stereocenters. The molecule has 1 heterocycles. The maximum atomic E-state index is 3.41. The van der Waals surface area contributed by atoms with E-state index in [2.05, 4.69) is 47.3 Å². The predicted octanol–water partition coefficient (Wildman–Crippen LogP) is 4.19. The van der Waals surface area contributed by atoms with Gasteiger partial charge in [0.25, 0.3) is 0 Å². The molecule has 1 N–H and O–H groups in total. The first-order valence-electron chi connectivity index (χ1n) is 8.62. The van der Waals surface area contributed by atoms with E-state index in [-0.39, 0.29) is 0 Å². The molecule has 2 nitrogen and oxygen atoms in total. The van der Waals surface area contributed by atoms with Crippen LogP contribution in [-0.2, 0) is 13.1 Å². The van der Waals surface area contributed by atoms with Crippen molar-refractivity contribution >= 4 is 10.9 Å². The average molecular weight is 282 g/mol. The molecule has 0 amide bonds. The Bertz CT molecular complexity index is 628. The molecule has 1 aromatic heterocycles. The first-order valence-corrected chi connectivity index (χ1v) is 8.62. The molecule has 2 fully saturated rings. The van der Waals surface area contributed by atoms with Gasteiger partial charge in [0, 0.05) is 24.8 Å². The summed E-state index contributed by atoms with van der Waals surface area (Å²) in [6.45, 7) is 5.40. The van der Waals surface area contributed by atoms with Crippen molar-refractivity contribution in [3.05, 3.63) is 36.0 Å². The van der Waals surface area contributed by atoms with Crippen molar-refractivity contribution in [3.63, 3.8) is 0 Å². The highest BCUT2D eigenvalue weighted by Crippen LogP contribution is 2.49. The van der Waals surface area contributed by atoms with E-state index in [9.17, 15) is 0 Å². The van der Waals surface area contributed by atoms with Crippen molar-refractivity contribution in [3.8, 4) is 0 Å². The average Bonchev–Trinajstić information content (AvgIpc) is 3.21. The maximum Gasteiger partial charge on any atom is 0.0480 e. The van der Waals surface area contributed by atoms with Gasteiger partial charge in [-0.05, 0) is 72.7 Å². The lowest BCUT2D eigenvalue weighted by Gasteiger charge is -2.22. The summed E-state index contributed by atoms with van der Waals surface area (Å²) in [5, 5.41) is 4.80. The zero-order chi connectivity index (χ0) is 14.2. The Hall–Kier alpha value is -1.28. The smallest absolute Gasteiger partial charge is 0.0480 e. The molecule has 112 valence electrons. The van der Waals surface area contributed by atoms with Crippen LogP contribution < -0.4 is 5.32 Å². The van der Waals surface area contributed by atoms with Crippen LogP contribution in [0.1, 0.15) is 38.2 Å². The number of hydrogen-bond donors (Lipinski definition) is 1. The summed E-state index contributed by atoms with van der Waals surface area (Å²) >= 11 is 0. The molecule has 3 unspecified atom stereocenters. The second-order valence-corrected chi connectivity index (χ2v) is 7.08. The minimum atomic E-state index is 0.931. The lowest BCUT2D eigenvalue weighted by atomic mass is 9.89. The van der Waals surface area contributed by atoms with Gasteiger partial charge >= 0.3 is 0 Å². The minimum Gasteiger partial charge on any atom is -0.347 e. The van der Waals surface area contributed by atoms with Crippen molar-refractivity contribution in [2.24, 2.45) is 17.8 Å². The molecular weight excluding hydrogens is 256 g/mol. The zero-order valence-electron chi connectivity index (χ0n) is 13.0. The van der Waals surface area contributed by atoms with Crippen molar-refractivity contribution < 1.29 is 0 Å². The van der Waals surface area contributed by atoms with Gasteiger partial charge in [-0.3, -0.25) is 0 Å². The van der Waals surface area contributed by atoms with E-state index >= 15 is 0 Å². The number of fused-ring (bicyclic) bond motifs is 3. The van der Waals surface area contributed by atoms with Gasteiger partial charge in [-0.25, -0.2) is 0 Å². The van der Waals surface area contributed by atoms with E-state index in [1.807, 2.05) is 0 Å². The van der Waals surface area contributed by atoms with Crippen molar-refractivity contribution in [1.29, 1.82) is 0 Å². The van der Waals surface area contributed by atoms with Gasteiger partial charge in [-0.2, -0.15) is 0 Å². The number of nitrogens with zero attached hydrogens (tertiary/aromatic N) is 1. The summed E-state index contributed by atoms with van der Waals surface area (Å²) in [5.74, 6) is 3.00. The van der Waals surface area contributed by atoms with Gasteiger partial charge in [0.05, 0.1) is 0 Å². The molecule has 2 bridgehead atoms. The van der Waals surface area contributed by atoms with Gasteiger partial charge < -0.3 is 9.88 Å². The molecule has 1 aromatic carbocycles. The zero-order valence-corrected chi connectivity index (χ0v) is 13.0. The van der Waals surface area contributed by atoms with Crippen LogP contribution in [0.25, 0.3) is 10.9 Å². The Morgan fingerprint density at radius 2 is 2.14 bits per heavy atom. The molecule has 0 radical (unpaired) electrons. The summed E-state index contributed by atoms with van der Waals surface area (Å²) in [4.78, 5) is 0. The van der Waals surface area contributed by atoms with E-state index in [4.69, 9.17) is 0 Å². The van der Waals surface area contributed by atoms with E-state index in [1.165, 1.54) is 48.7 Å². The van der Waals surface area contributed by atoms with Gasteiger partial charge in [0.1, 0.15) is 0 Å². The first-order chi connectivity index (χ1) is 10.3. The largest absolute Gasteiger partial charge is 0.347 e. The van der Waals surface area contributed by atoms with Crippen LogP contribution in [0.15, 0.2) is 30.5 Å². The van der Waals surface area contributed by atoms with Crippen LogP contribution in [0.4, 0.5) is 0 Å². The van der Waals surface area contributed by atoms with Gasteiger partial charge in [0.2, 0.25) is 0 Å². The normalized spacial score (nSPS) is 27.8. The standard InChI is InChI=1S/C19H26N2/c1-2-20-12-15-4-6-19-17(11-15)7-8-21(19)13-18-10-14-3-5-16(18)9-14/h4,6-8,11,14,16,18,20H,2-3,5,9-10,12-13H2,1H3. The van der Waals surface area contributed by atoms with Crippen LogP contribution in [0, 0.1) is 17.8 Å². The summed E-state index contributed by atoms with van der Waals surface area (Å²) in [6, 6.07) is 9.23. The van der Waals surface area contributed by atoms with E-state index < -0.39 is 0 Å². The third-order valence-corrected chi connectivity index (χ3v) is 5.73. The predicted molar refractivity (Wildman–Crippen MR) is 88.3 cm³/mol. The van der Waals surface area contributed by atoms with Gasteiger partial charge in [-0.15, -0.1) is 0 Å². The number of benzene rings is 1. The van der Waals surface area contributed by atoms with E-state index in [1.54, 1.807) is 0 Å². The number of nitrogens with one attached hydrogen (secondary N) is 1. The van der Waals surface area contributed by atoms with Crippen molar-refractivity contribution in [2.45, 2.75) is 45.7 Å². The van der Waals surface area contributed by atoms with Crippen LogP contribution in [-0.4, -0.2) is 11.1 Å². The molecule has 21 heavy (non-hydrogen) atoms. The summed E-state index contributed by atoms with van der Waals surface area (Å²) in [7, 11) is 0. The molecule has 2 aromatic rings. The topological polar surface area (TPSA) is 17.0 Å². The van der Waals surface area contributed by atoms with Crippen LogP contribution >= 0.6 is 0 Å². The van der Waals surface area contributed by atoms with Crippen LogP contribution in [0.3, 0.4) is 0 Å². The summed E-state index contributed by atoms with van der Waals surface area (Å²) < 4.78 is 2.50. The lowest BCUT2D eigenvalue weighted by molar-refractivity contribution is 0.299. The van der Waals surface area contributed by atoms with Crippen molar-refractivity contribution in [1.82, 2.24) is 9.88 Å². The monoisotopic (exact) mass is 282 g/mol. The molecule has 2 aliphatic rings. The minimum absolute atomic E-state index is 0.931. The molecule has 2 heteroatoms. The molecule has 0 saturated heterocycles. The first kappa shape index (κ1) is 13.4. The number of hydrogen-bond acceptors (Lipinski definition) is 1. The van der Waals surface area contributed by atoms with Gasteiger partial charge in [-0.1, -0.05) is 19.4 Å². The fourth-order valence-electron chi connectivity index (χ4n) is 4.64. The van der Waals surface area contributed by atoms with Crippen LogP contribution in [0.5, 0.6) is 0 Å². The maximum absolute atomic E-state index is 3.41. The Kier molecular flexibility index (Phi) is 3.50. The van der Waals surface area contributed by atoms with E-state index in [0.717, 1.165) is 30.8 Å². The fourth-order valence-corrected chi connectivity index (χ4v) is 4.64. The molecule has 0 aliphatic heterocycles.